The van der Waals surface area contributed by atoms with Gasteiger partial charge in [-0.3, -0.25) is 9.59 Å². The molecule has 0 aromatic heterocycles. The molecule has 0 N–H and O–H groups in total. The van der Waals surface area contributed by atoms with Crippen molar-refractivity contribution in [2.24, 2.45) is 5.41 Å². The molecule has 0 saturated carbocycles. The van der Waals surface area contributed by atoms with E-state index in [2.05, 4.69) is 12.1 Å². The molecule has 2 aromatic carbocycles. The highest BCUT2D eigenvalue weighted by atomic mass is 19.1. The Morgan fingerprint density at radius 3 is 2.33 bits per heavy atom. The first-order valence-electron chi connectivity index (χ1n) is 15.0. The first-order valence-corrected chi connectivity index (χ1v) is 15.0. The fourth-order valence-corrected chi connectivity index (χ4v) is 6.94. The third-order valence-electron chi connectivity index (χ3n) is 9.43. The summed E-state index contributed by atoms with van der Waals surface area (Å²) in [6, 6.07) is 14.7. The van der Waals surface area contributed by atoms with E-state index >= 15 is 0 Å². The third-order valence-corrected chi connectivity index (χ3v) is 9.43. The molecule has 40 heavy (non-hydrogen) atoms. The van der Waals surface area contributed by atoms with Crippen LogP contribution < -0.4 is 4.74 Å². The number of hydrogen-bond acceptors (Lipinski definition) is 4. The predicted molar refractivity (Wildman–Crippen MR) is 153 cm³/mol. The summed E-state index contributed by atoms with van der Waals surface area (Å²) in [5, 5.41) is 0. The van der Waals surface area contributed by atoms with E-state index in [0.29, 0.717) is 58.6 Å². The zero-order valence-corrected chi connectivity index (χ0v) is 23.8. The van der Waals surface area contributed by atoms with Crippen molar-refractivity contribution in [3.8, 4) is 5.75 Å². The van der Waals surface area contributed by atoms with Gasteiger partial charge >= 0.3 is 0 Å². The van der Waals surface area contributed by atoms with E-state index in [0.717, 1.165) is 56.4 Å². The topological polar surface area (TPSA) is 59.1 Å². The lowest BCUT2D eigenvalue weighted by molar-refractivity contribution is -0.145. The lowest BCUT2D eigenvalue weighted by atomic mass is 9.70. The smallest absolute Gasteiger partial charge is 0.233 e. The van der Waals surface area contributed by atoms with E-state index < -0.39 is 5.41 Å². The predicted octanol–water partition coefficient (Wildman–Crippen LogP) is 5.53. The van der Waals surface area contributed by atoms with Crippen molar-refractivity contribution in [1.82, 2.24) is 9.80 Å². The fraction of sp³-hybridized carbons (Fsp3) is 0.576. The minimum absolute atomic E-state index is 0.0000391. The van der Waals surface area contributed by atoms with Gasteiger partial charge in [-0.1, -0.05) is 36.8 Å². The first kappa shape index (κ1) is 28.6. The Hall–Kier alpha value is -2.93. The summed E-state index contributed by atoms with van der Waals surface area (Å²) >= 11 is 0. The van der Waals surface area contributed by atoms with Crippen molar-refractivity contribution in [3.63, 3.8) is 0 Å². The molecule has 0 bridgehead atoms. The van der Waals surface area contributed by atoms with Crippen LogP contribution in [0.3, 0.4) is 0 Å². The van der Waals surface area contributed by atoms with Crippen LogP contribution in [0.2, 0.25) is 0 Å². The molecule has 2 fully saturated rings. The molecule has 3 heterocycles. The molecule has 216 valence electrons. The molecule has 0 aliphatic carbocycles. The summed E-state index contributed by atoms with van der Waals surface area (Å²) in [4.78, 5) is 31.1. The van der Waals surface area contributed by atoms with Crippen molar-refractivity contribution < 1.29 is 23.5 Å². The second-order valence-electron chi connectivity index (χ2n) is 12.0. The SMILES string of the molecule is CN1CC2(CCCCc3ccccc3OCCCC1=O)CCN(C(=O)C1(c3ccc(F)cc3)CCOCC1)CC2. The number of halogens is 1. The van der Waals surface area contributed by atoms with Crippen LogP contribution in [-0.2, 0) is 26.2 Å². The largest absolute Gasteiger partial charge is 0.493 e. The first-order chi connectivity index (χ1) is 19.4. The van der Waals surface area contributed by atoms with Crippen molar-refractivity contribution in [2.75, 3.05) is 46.5 Å². The quantitative estimate of drug-likeness (QED) is 0.494. The number of hydrogen-bond donors (Lipinski definition) is 0. The van der Waals surface area contributed by atoms with Crippen LogP contribution in [0, 0.1) is 11.2 Å². The molecule has 3 aliphatic rings. The van der Waals surface area contributed by atoms with Crippen LogP contribution in [-0.4, -0.2) is 68.1 Å². The lowest BCUT2D eigenvalue weighted by Crippen LogP contribution is -2.54. The Labute approximate surface area is 237 Å². The van der Waals surface area contributed by atoms with Gasteiger partial charge in [-0.15, -0.1) is 0 Å². The Bertz CT molecular complexity index is 1150. The van der Waals surface area contributed by atoms with Gasteiger partial charge in [0.2, 0.25) is 11.8 Å². The highest BCUT2D eigenvalue weighted by Crippen LogP contribution is 2.42. The second-order valence-corrected chi connectivity index (χ2v) is 12.0. The number of carbonyl (C=O) groups is 2. The number of fused-ring (bicyclic) bond motifs is 1. The van der Waals surface area contributed by atoms with Gasteiger partial charge < -0.3 is 19.3 Å². The second kappa shape index (κ2) is 12.7. The number of benzene rings is 2. The van der Waals surface area contributed by atoms with Crippen LogP contribution in [0.4, 0.5) is 4.39 Å². The molecule has 7 heteroatoms. The summed E-state index contributed by atoms with van der Waals surface area (Å²) in [5.41, 5.74) is 1.46. The Kier molecular flexibility index (Phi) is 9.09. The van der Waals surface area contributed by atoms with E-state index in [-0.39, 0.29) is 23.0 Å². The van der Waals surface area contributed by atoms with Crippen LogP contribution in [0.1, 0.15) is 68.9 Å². The Morgan fingerprint density at radius 1 is 0.850 bits per heavy atom. The maximum absolute atomic E-state index is 14.1. The van der Waals surface area contributed by atoms with Crippen molar-refractivity contribution in [1.29, 1.82) is 0 Å². The minimum atomic E-state index is -0.665. The molecule has 2 saturated heterocycles. The van der Waals surface area contributed by atoms with Gasteiger partial charge in [0.15, 0.2) is 0 Å². The van der Waals surface area contributed by atoms with Gasteiger partial charge in [-0.2, -0.15) is 0 Å². The normalized spacial score (nSPS) is 22.2. The average molecular weight is 551 g/mol. The van der Waals surface area contributed by atoms with Crippen LogP contribution in [0.25, 0.3) is 0 Å². The van der Waals surface area contributed by atoms with Gasteiger partial charge in [0.25, 0.3) is 0 Å². The van der Waals surface area contributed by atoms with Gasteiger partial charge in [-0.05, 0) is 86.1 Å². The summed E-state index contributed by atoms with van der Waals surface area (Å²) in [7, 11) is 1.93. The minimum Gasteiger partial charge on any atom is -0.493 e. The molecule has 6 nitrogen and oxygen atoms in total. The summed E-state index contributed by atoms with van der Waals surface area (Å²) < 4.78 is 25.4. The number of rotatable bonds is 2. The molecule has 3 aliphatic heterocycles. The van der Waals surface area contributed by atoms with Crippen LogP contribution in [0.15, 0.2) is 48.5 Å². The molecular formula is C33H43FN2O4. The Balaban J connectivity index is 1.30. The molecule has 1 spiro atoms. The number of carbonyl (C=O) groups excluding carboxylic acids is 2. The van der Waals surface area contributed by atoms with Crippen molar-refractivity contribution in [2.45, 2.75) is 69.6 Å². The molecular weight excluding hydrogens is 507 g/mol. The zero-order valence-electron chi connectivity index (χ0n) is 23.8. The van der Waals surface area contributed by atoms with Crippen LogP contribution in [0.5, 0.6) is 5.75 Å². The number of piperidine rings is 1. The van der Waals surface area contributed by atoms with Crippen molar-refractivity contribution in [3.05, 3.63) is 65.5 Å². The van der Waals surface area contributed by atoms with Crippen molar-refractivity contribution >= 4 is 11.8 Å². The van der Waals surface area contributed by atoms with Gasteiger partial charge in [0, 0.05) is 46.3 Å². The summed E-state index contributed by atoms with van der Waals surface area (Å²) in [6.45, 7) is 3.69. The molecule has 2 aromatic rings. The van der Waals surface area contributed by atoms with E-state index in [1.54, 1.807) is 12.1 Å². The molecule has 2 amide bonds. The Morgan fingerprint density at radius 2 is 1.57 bits per heavy atom. The molecule has 0 unspecified atom stereocenters. The van der Waals surface area contributed by atoms with E-state index in [1.807, 2.05) is 29.0 Å². The van der Waals surface area contributed by atoms with E-state index in [4.69, 9.17) is 9.47 Å². The van der Waals surface area contributed by atoms with Gasteiger partial charge in [0.05, 0.1) is 12.0 Å². The summed E-state index contributed by atoms with van der Waals surface area (Å²) in [5.74, 6) is 0.940. The van der Waals surface area contributed by atoms with Gasteiger partial charge in [0.1, 0.15) is 11.6 Å². The lowest BCUT2D eigenvalue weighted by Gasteiger charge is -2.47. The molecule has 0 radical (unpaired) electrons. The molecule has 0 atom stereocenters. The maximum atomic E-state index is 14.1. The number of ether oxygens (including phenoxy) is 2. The zero-order chi connectivity index (χ0) is 28.0. The molecule has 5 rings (SSSR count). The number of aryl methyl sites for hydroxylation is 1. The number of nitrogens with zero attached hydrogens (tertiary/aromatic N) is 2. The summed E-state index contributed by atoms with van der Waals surface area (Å²) in [6.07, 6.45) is 8.31. The average Bonchev–Trinajstić information content (AvgIpc) is 2.98. The standard InChI is InChI=1S/C33H43FN2O4/c1-35-25-32(15-5-4-8-26-7-2-3-9-29(26)40-22-6-10-30(35)37)16-20-36(21-17-32)31(38)33(18-23-39-24-19-33)27-11-13-28(34)14-12-27/h2-3,7,9,11-14H,4-6,8,10,15-25H2,1H3. The monoisotopic (exact) mass is 550 g/mol. The van der Waals surface area contributed by atoms with Gasteiger partial charge in [-0.25, -0.2) is 4.39 Å². The maximum Gasteiger partial charge on any atom is 0.233 e. The fourth-order valence-electron chi connectivity index (χ4n) is 6.94. The highest BCUT2D eigenvalue weighted by Gasteiger charge is 2.46. The van der Waals surface area contributed by atoms with E-state index in [1.165, 1.54) is 17.7 Å². The van der Waals surface area contributed by atoms with E-state index in [9.17, 15) is 14.0 Å². The third kappa shape index (κ3) is 6.35. The number of amides is 2. The number of para-hydroxylation sites is 1. The number of likely N-dealkylation sites (tertiary alicyclic amines) is 1. The van der Waals surface area contributed by atoms with Crippen LogP contribution >= 0.6 is 0 Å². The highest BCUT2D eigenvalue weighted by molar-refractivity contribution is 5.88.